The highest BCUT2D eigenvalue weighted by atomic mass is 16.1. The normalized spacial score (nSPS) is 21.3. The van der Waals surface area contributed by atoms with Gasteiger partial charge in [-0.05, 0) is 82.6 Å². The third-order valence-electron chi connectivity index (χ3n) is 4.69. The predicted octanol–water partition coefficient (Wildman–Crippen LogP) is 3.37. The smallest absolute Gasteiger partial charge is 0.251 e. The molecule has 128 valence electrons. The van der Waals surface area contributed by atoms with E-state index in [0.717, 1.165) is 41.8 Å². The van der Waals surface area contributed by atoms with Gasteiger partial charge in [0.25, 0.3) is 5.91 Å². The van der Waals surface area contributed by atoms with E-state index in [9.17, 15) is 4.79 Å². The number of nitrogens with two attached hydrogens (primary N) is 1. The van der Waals surface area contributed by atoms with Crippen LogP contribution in [0, 0.1) is 19.8 Å². The lowest BCUT2D eigenvalue weighted by Crippen LogP contribution is -2.31. The molecular weight excluding hydrogens is 286 g/mol. The Hall–Kier alpha value is -1.55. The van der Waals surface area contributed by atoms with Gasteiger partial charge < -0.3 is 16.4 Å². The molecule has 2 rings (SSSR count). The Balaban J connectivity index is 2.06. The molecule has 0 spiro atoms. The molecule has 23 heavy (non-hydrogen) atoms. The van der Waals surface area contributed by atoms with Crippen LogP contribution in [0.5, 0.6) is 0 Å². The Kier molecular flexibility index (Phi) is 6.05. The molecule has 1 saturated carbocycles. The van der Waals surface area contributed by atoms with Gasteiger partial charge in [0.15, 0.2) is 0 Å². The standard InChI is InChI=1S/C19H31N3O/c1-12(2)22-19(23)17-9-13(3)10-18(14(17)4)21-11-15-5-7-16(20)8-6-15/h9-10,12,15-16,21H,5-8,11,20H2,1-4H3,(H,22,23)/t15-,16-. The minimum Gasteiger partial charge on any atom is -0.385 e. The molecule has 0 saturated heterocycles. The van der Waals surface area contributed by atoms with Crippen LogP contribution in [0.4, 0.5) is 5.69 Å². The van der Waals surface area contributed by atoms with E-state index in [1.54, 1.807) is 0 Å². The summed E-state index contributed by atoms with van der Waals surface area (Å²) in [5.41, 5.74) is 9.96. The number of anilines is 1. The minimum absolute atomic E-state index is 0.00731. The number of benzene rings is 1. The van der Waals surface area contributed by atoms with Crippen molar-refractivity contribution in [2.45, 2.75) is 65.5 Å². The van der Waals surface area contributed by atoms with Crippen molar-refractivity contribution in [3.63, 3.8) is 0 Å². The summed E-state index contributed by atoms with van der Waals surface area (Å²) in [7, 11) is 0. The zero-order chi connectivity index (χ0) is 17.0. The molecule has 0 aromatic heterocycles. The molecule has 1 aliphatic rings. The van der Waals surface area contributed by atoms with Crippen molar-refractivity contribution in [3.8, 4) is 0 Å². The van der Waals surface area contributed by atoms with Crippen LogP contribution in [0.3, 0.4) is 0 Å². The van der Waals surface area contributed by atoms with Gasteiger partial charge in [-0.1, -0.05) is 0 Å². The molecule has 0 bridgehead atoms. The maximum atomic E-state index is 12.4. The fourth-order valence-corrected chi connectivity index (χ4v) is 3.26. The Bertz CT molecular complexity index is 546. The van der Waals surface area contributed by atoms with Crippen LogP contribution in [0.1, 0.15) is 61.0 Å². The highest BCUT2D eigenvalue weighted by Crippen LogP contribution is 2.26. The number of hydrogen-bond acceptors (Lipinski definition) is 3. The average Bonchev–Trinajstić information content (AvgIpc) is 2.48. The molecular formula is C19H31N3O. The van der Waals surface area contributed by atoms with Crippen molar-refractivity contribution < 1.29 is 4.79 Å². The maximum absolute atomic E-state index is 12.4. The summed E-state index contributed by atoms with van der Waals surface area (Å²) in [5.74, 6) is 0.690. The molecule has 4 nitrogen and oxygen atoms in total. The first-order valence-corrected chi connectivity index (χ1v) is 8.78. The maximum Gasteiger partial charge on any atom is 0.251 e. The second kappa shape index (κ2) is 7.82. The van der Waals surface area contributed by atoms with E-state index in [2.05, 4.69) is 16.7 Å². The second-order valence-electron chi connectivity index (χ2n) is 7.27. The molecule has 1 aromatic carbocycles. The number of nitrogens with one attached hydrogen (secondary N) is 2. The second-order valence-corrected chi connectivity index (χ2v) is 7.27. The largest absolute Gasteiger partial charge is 0.385 e. The number of hydrogen-bond donors (Lipinski definition) is 3. The van der Waals surface area contributed by atoms with Crippen LogP contribution < -0.4 is 16.4 Å². The molecule has 0 atom stereocenters. The van der Waals surface area contributed by atoms with Gasteiger partial charge in [-0.15, -0.1) is 0 Å². The quantitative estimate of drug-likeness (QED) is 0.780. The van der Waals surface area contributed by atoms with E-state index < -0.39 is 0 Å². The van der Waals surface area contributed by atoms with Crippen LogP contribution in [0.25, 0.3) is 0 Å². The first-order chi connectivity index (χ1) is 10.9. The van der Waals surface area contributed by atoms with E-state index >= 15 is 0 Å². The predicted molar refractivity (Wildman–Crippen MR) is 96.9 cm³/mol. The topological polar surface area (TPSA) is 67.1 Å². The average molecular weight is 317 g/mol. The third-order valence-corrected chi connectivity index (χ3v) is 4.69. The summed E-state index contributed by atoms with van der Waals surface area (Å²) in [6, 6.07) is 4.64. The molecule has 0 aliphatic heterocycles. The van der Waals surface area contributed by atoms with Gasteiger partial charge >= 0.3 is 0 Å². The third kappa shape index (κ3) is 4.96. The van der Waals surface area contributed by atoms with Crippen LogP contribution in [0.2, 0.25) is 0 Å². The van der Waals surface area contributed by atoms with Gasteiger partial charge in [0.05, 0.1) is 0 Å². The summed E-state index contributed by atoms with van der Waals surface area (Å²) < 4.78 is 0. The number of amides is 1. The van der Waals surface area contributed by atoms with Gasteiger partial charge in [0.1, 0.15) is 0 Å². The molecule has 4 N–H and O–H groups in total. The zero-order valence-corrected chi connectivity index (χ0v) is 14.9. The van der Waals surface area contributed by atoms with Crippen LogP contribution >= 0.6 is 0 Å². The van der Waals surface area contributed by atoms with E-state index in [0.29, 0.717) is 12.0 Å². The Morgan fingerprint density at radius 2 is 1.87 bits per heavy atom. The minimum atomic E-state index is 0.00731. The number of rotatable bonds is 5. The van der Waals surface area contributed by atoms with Gasteiger partial charge in [-0.25, -0.2) is 0 Å². The van der Waals surface area contributed by atoms with Crippen LogP contribution in [-0.2, 0) is 0 Å². The SMILES string of the molecule is Cc1cc(NC[C@H]2CC[C@H](N)CC2)c(C)c(C(=O)NC(C)C)c1. The first-order valence-electron chi connectivity index (χ1n) is 8.78. The van der Waals surface area contributed by atoms with E-state index in [1.165, 1.54) is 12.8 Å². The van der Waals surface area contributed by atoms with Gasteiger partial charge in [0, 0.05) is 29.9 Å². The van der Waals surface area contributed by atoms with E-state index in [1.807, 2.05) is 33.8 Å². The molecule has 1 aliphatic carbocycles. The van der Waals surface area contributed by atoms with Crippen molar-refractivity contribution in [3.05, 3.63) is 28.8 Å². The lowest BCUT2D eigenvalue weighted by Gasteiger charge is -2.27. The fraction of sp³-hybridized carbons (Fsp3) is 0.632. The summed E-state index contributed by atoms with van der Waals surface area (Å²) in [5, 5.41) is 6.55. The Morgan fingerprint density at radius 1 is 1.22 bits per heavy atom. The van der Waals surface area contributed by atoms with Crippen molar-refractivity contribution >= 4 is 11.6 Å². The lowest BCUT2D eigenvalue weighted by atomic mass is 9.86. The van der Waals surface area contributed by atoms with Crippen molar-refractivity contribution in [1.29, 1.82) is 0 Å². The highest BCUT2D eigenvalue weighted by molar-refractivity contribution is 5.97. The Morgan fingerprint density at radius 3 is 2.48 bits per heavy atom. The molecule has 0 heterocycles. The lowest BCUT2D eigenvalue weighted by molar-refractivity contribution is 0.0942. The zero-order valence-electron chi connectivity index (χ0n) is 14.9. The van der Waals surface area contributed by atoms with E-state index in [-0.39, 0.29) is 11.9 Å². The molecule has 1 aromatic rings. The van der Waals surface area contributed by atoms with Crippen molar-refractivity contribution in [2.75, 3.05) is 11.9 Å². The molecule has 0 unspecified atom stereocenters. The summed E-state index contributed by atoms with van der Waals surface area (Å²) in [4.78, 5) is 12.4. The first kappa shape index (κ1) is 17.8. The Labute approximate surface area is 140 Å². The summed E-state index contributed by atoms with van der Waals surface area (Å²) in [6.45, 7) is 8.98. The van der Waals surface area contributed by atoms with Crippen LogP contribution in [-0.4, -0.2) is 24.5 Å². The molecule has 1 amide bonds. The van der Waals surface area contributed by atoms with Gasteiger partial charge in [-0.2, -0.15) is 0 Å². The van der Waals surface area contributed by atoms with Crippen LogP contribution in [0.15, 0.2) is 12.1 Å². The van der Waals surface area contributed by atoms with Crippen molar-refractivity contribution in [2.24, 2.45) is 11.7 Å². The number of carbonyl (C=O) groups excluding carboxylic acids is 1. The van der Waals surface area contributed by atoms with Gasteiger partial charge in [0.2, 0.25) is 0 Å². The number of carbonyl (C=O) groups is 1. The highest BCUT2D eigenvalue weighted by Gasteiger charge is 2.19. The summed E-state index contributed by atoms with van der Waals surface area (Å²) in [6.07, 6.45) is 4.64. The molecule has 1 fully saturated rings. The summed E-state index contributed by atoms with van der Waals surface area (Å²) >= 11 is 0. The van der Waals surface area contributed by atoms with Gasteiger partial charge in [-0.3, -0.25) is 4.79 Å². The monoisotopic (exact) mass is 317 g/mol. The van der Waals surface area contributed by atoms with E-state index in [4.69, 9.17) is 5.73 Å². The van der Waals surface area contributed by atoms with Crippen molar-refractivity contribution in [1.82, 2.24) is 5.32 Å². The number of aryl methyl sites for hydroxylation is 1. The molecule has 0 radical (unpaired) electrons. The fourth-order valence-electron chi connectivity index (χ4n) is 3.26. The molecule has 4 heteroatoms.